The summed E-state index contributed by atoms with van der Waals surface area (Å²) in [5.74, 6) is 0. The Hall–Kier alpha value is -3.10. The molecule has 5 heteroatoms. The number of nitrogens with zero attached hydrogens (tertiary/aromatic N) is 2. The molecule has 3 aromatic heterocycles. The standard InChI is InChI=1S/C19H14N4S/c1-12-18(17-3-2-8-24-17)19(14(10-20)11-22-12)23-15-4-5-16-13(9-15)6-7-21-16/h2-9,11,21H,1H3,(H,22,23). The van der Waals surface area contributed by atoms with Crippen molar-refractivity contribution in [2.75, 3.05) is 5.32 Å². The van der Waals surface area contributed by atoms with Crippen LogP contribution in [0.3, 0.4) is 0 Å². The zero-order valence-corrected chi connectivity index (χ0v) is 13.8. The summed E-state index contributed by atoms with van der Waals surface area (Å²) < 4.78 is 0. The van der Waals surface area contributed by atoms with E-state index in [1.165, 1.54) is 0 Å². The first-order valence-corrected chi connectivity index (χ1v) is 8.42. The number of thiophene rings is 1. The van der Waals surface area contributed by atoms with Crippen LogP contribution in [0.5, 0.6) is 0 Å². The summed E-state index contributed by atoms with van der Waals surface area (Å²) in [7, 11) is 0. The lowest BCUT2D eigenvalue weighted by Crippen LogP contribution is -2.00. The second kappa shape index (κ2) is 5.84. The normalized spacial score (nSPS) is 10.7. The molecule has 24 heavy (non-hydrogen) atoms. The third kappa shape index (κ3) is 2.43. The Bertz CT molecular complexity index is 1050. The topological polar surface area (TPSA) is 64.5 Å². The Balaban J connectivity index is 1.87. The summed E-state index contributed by atoms with van der Waals surface area (Å²) in [4.78, 5) is 8.68. The number of benzene rings is 1. The number of aromatic amines is 1. The fourth-order valence-corrected chi connectivity index (χ4v) is 3.65. The number of pyridine rings is 1. The molecule has 0 spiro atoms. The molecule has 0 aliphatic carbocycles. The third-order valence-corrected chi connectivity index (χ3v) is 4.87. The minimum Gasteiger partial charge on any atom is -0.361 e. The van der Waals surface area contributed by atoms with Gasteiger partial charge in [-0.2, -0.15) is 5.26 Å². The molecule has 0 radical (unpaired) electrons. The molecule has 0 bridgehead atoms. The van der Waals surface area contributed by atoms with E-state index in [0.29, 0.717) is 5.56 Å². The van der Waals surface area contributed by atoms with Gasteiger partial charge in [-0.1, -0.05) is 6.07 Å². The number of nitrogens with one attached hydrogen (secondary N) is 2. The Morgan fingerprint density at radius 2 is 2.17 bits per heavy atom. The molecular weight excluding hydrogens is 316 g/mol. The van der Waals surface area contributed by atoms with Gasteiger partial charge in [0.2, 0.25) is 0 Å². The number of aromatic nitrogens is 2. The fraction of sp³-hybridized carbons (Fsp3) is 0.0526. The average Bonchev–Trinajstić information content (AvgIpc) is 3.26. The molecule has 116 valence electrons. The van der Waals surface area contributed by atoms with Gasteiger partial charge < -0.3 is 10.3 Å². The Labute approximate surface area is 143 Å². The average molecular weight is 330 g/mol. The predicted molar refractivity (Wildman–Crippen MR) is 98.6 cm³/mol. The maximum atomic E-state index is 9.52. The molecule has 0 amide bonds. The molecule has 0 saturated heterocycles. The number of anilines is 2. The van der Waals surface area contributed by atoms with Gasteiger partial charge in [0.1, 0.15) is 6.07 Å². The molecule has 2 N–H and O–H groups in total. The van der Waals surface area contributed by atoms with Crippen LogP contribution >= 0.6 is 11.3 Å². The molecule has 0 aliphatic heterocycles. The highest BCUT2D eigenvalue weighted by Gasteiger charge is 2.15. The highest BCUT2D eigenvalue weighted by atomic mass is 32.1. The van der Waals surface area contributed by atoms with Gasteiger partial charge in [0.25, 0.3) is 0 Å². The largest absolute Gasteiger partial charge is 0.361 e. The van der Waals surface area contributed by atoms with E-state index in [-0.39, 0.29) is 0 Å². The molecule has 0 aliphatic rings. The molecule has 1 aromatic carbocycles. The quantitative estimate of drug-likeness (QED) is 0.541. The van der Waals surface area contributed by atoms with E-state index in [2.05, 4.69) is 33.5 Å². The van der Waals surface area contributed by atoms with Crippen LogP contribution in [0.15, 0.2) is 54.2 Å². The first-order chi connectivity index (χ1) is 11.8. The van der Waals surface area contributed by atoms with Crippen LogP contribution in [-0.2, 0) is 0 Å². The van der Waals surface area contributed by atoms with Crippen molar-refractivity contribution >= 4 is 33.6 Å². The van der Waals surface area contributed by atoms with Gasteiger partial charge in [-0.15, -0.1) is 11.3 Å². The zero-order valence-electron chi connectivity index (χ0n) is 13.0. The van der Waals surface area contributed by atoms with Gasteiger partial charge in [0.05, 0.1) is 11.3 Å². The summed E-state index contributed by atoms with van der Waals surface area (Å²) in [5, 5.41) is 16.1. The van der Waals surface area contributed by atoms with Crippen molar-refractivity contribution in [2.24, 2.45) is 0 Å². The van der Waals surface area contributed by atoms with E-state index in [0.717, 1.165) is 38.4 Å². The van der Waals surface area contributed by atoms with E-state index in [4.69, 9.17) is 0 Å². The van der Waals surface area contributed by atoms with E-state index >= 15 is 0 Å². The second-order valence-electron chi connectivity index (χ2n) is 5.50. The molecule has 4 aromatic rings. The lowest BCUT2D eigenvalue weighted by Gasteiger charge is -2.15. The fourth-order valence-electron chi connectivity index (χ4n) is 2.82. The number of aryl methyl sites for hydroxylation is 1. The third-order valence-electron chi connectivity index (χ3n) is 3.98. The predicted octanol–water partition coefficient (Wildman–Crippen LogP) is 5.22. The molecule has 0 saturated carbocycles. The Morgan fingerprint density at radius 1 is 1.25 bits per heavy atom. The Kier molecular flexibility index (Phi) is 3.52. The van der Waals surface area contributed by atoms with Gasteiger partial charge in [-0.05, 0) is 42.6 Å². The number of hydrogen-bond acceptors (Lipinski definition) is 4. The molecule has 0 fully saturated rings. The van der Waals surface area contributed by atoms with Crippen molar-refractivity contribution in [3.8, 4) is 16.5 Å². The van der Waals surface area contributed by atoms with E-state index in [9.17, 15) is 5.26 Å². The highest BCUT2D eigenvalue weighted by molar-refractivity contribution is 7.13. The van der Waals surface area contributed by atoms with Crippen LogP contribution in [0.2, 0.25) is 0 Å². The van der Waals surface area contributed by atoms with Crippen LogP contribution in [0.1, 0.15) is 11.3 Å². The number of rotatable bonds is 3. The van der Waals surface area contributed by atoms with Crippen molar-refractivity contribution in [3.63, 3.8) is 0 Å². The van der Waals surface area contributed by atoms with Crippen molar-refractivity contribution in [3.05, 3.63) is 65.4 Å². The van der Waals surface area contributed by atoms with Crippen molar-refractivity contribution in [1.82, 2.24) is 9.97 Å². The molecule has 0 atom stereocenters. The summed E-state index contributed by atoms with van der Waals surface area (Å²) in [6, 6.07) is 14.5. The minimum atomic E-state index is 0.540. The van der Waals surface area contributed by atoms with Crippen LogP contribution < -0.4 is 5.32 Å². The van der Waals surface area contributed by atoms with Crippen molar-refractivity contribution in [2.45, 2.75) is 6.92 Å². The highest BCUT2D eigenvalue weighted by Crippen LogP contribution is 2.37. The second-order valence-corrected chi connectivity index (χ2v) is 6.45. The van der Waals surface area contributed by atoms with Crippen LogP contribution in [-0.4, -0.2) is 9.97 Å². The van der Waals surface area contributed by atoms with Crippen LogP contribution in [0, 0.1) is 18.3 Å². The number of nitriles is 1. The maximum absolute atomic E-state index is 9.52. The van der Waals surface area contributed by atoms with Crippen LogP contribution in [0.25, 0.3) is 21.3 Å². The molecule has 4 nitrogen and oxygen atoms in total. The van der Waals surface area contributed by atoms with Gasteiger partial charge in [-0.25, -0.2) is 0 Å². The molecule has 4 rings (SSSR count). The number of H-pyrrole nitrogens is 1. The van der Waals surface area contributed by atoms with Crippen molar-refractivity contribution in [1.29, 1.82) is 5.26 Å². The zero-order chi connectivity index (χ0) is 16.5. The first-order valence-electron chi connectivity index (χ1n) is 7.54. The minimum absolute atomic E-state index is 0.540. The van der Waals surface area contributed by atoms with Gasteiger partial charge in [0, 0.05) is 45.1 Å². The summed E-state index contributed by atoms with van der Waals surface area (Å²) >= 11 is 1.64. The summed E-state index contributed by atoms with van der Waals surface area (Å²) in [5.41, 5.74) is 5.27. The number of hydrogen-bond donors (Lipinski definition) is 2. The van der Waals surface area contributed by atoms with Gasteiger partial charge >= 0.3 is 0 Å². The maximum Gasteiger partial charge on any atom is 0.103 e. The van der Waals surface area contributed by atoms with E-state index in [1.807, 2.05) is 42.8 Å². The lowest BCUT2D eigenvalue weighted by atomic mass is 10.1. The smallest absolute Gasteiger partial charge is 0.103 e. The number of fused-ring (bicyclic) bond motifs is 1. The first kappa shape index (κ1) is 14.5. The summed E-state index contributed by atoms with van der Waals surface area (Å²) in [6.07, 6.45) is 3.55. The summed E-state index contributed by atoms with van der Waals surface area (Å²) in [6.45, 7) is 1.97. The van der Waals surface area contributed by atoms with Gasteiger partial charge in [-0.3, -0.25) is 4.98 Å². The Morgan fingerprint density at radius 3 is 2.96 bits per heavy atom. The molecule has 3 heterocycles. The monoisotopic (exact) mass is 330 g/mol. The SMILES string of the molecule is Cc1ncc(C#N)c(Nc2ccc3[nH]ccc3c2)c1-c1cccs1. The van der Waals surface area contributed by atoms with E-state index in [1.54, 1.807) is 17.5 Å². The molecule has 0 unspecified atom stereocenters. The van der Waals surface area contributed by atoms with Crippen molar-refractivity contribution < 1.29 is 0 Å². The molecular formula is C19H14N4S. The van der Waals surface area contributed by atoms with Gasteiger partial charge in [0.15, 0.2) is 0 Å². The lowest BCUT2D eigenvalue weighted by molar-refractivity contribution is 1.19. The van der Waals surface area contributed by atoms with Crippen LogP contribution in [0.4, 0.5) is 11.4 Å². The van der Waals surface area contributed by atoms with E-state index < -0.39 is 0 Å².